The highest BCUT2D eigenvalue weighted by Gasteiger charge is 2.15. The van der Waals surface area contributed by atoms with Gasteiger partial charge in [0.2, 0.25) is 0 Å². The second-order valence-corrected chi connectivity index (χ2v) is 6.40. The van der Waals surface area contributed by atoms with Gasteiger partial charge in [0.25, 0.3) is 11.8 Å². The number of amides is 1. The Labute approximate surface area is 158 Å². The van der Waals surface area contributed by atoms with Crippen LogP contribution in [-0.2, 0) is 0 Å². The van der Waals surface area contributed by atoms with Crippen LogP contribution in [0.5, 0.6) is 0 Å². The topological polar surface area (TPSA) is 68.0 Å². The number of rotatable bonds is 3. The molecule has 1 amide bonds. The SMILES string of the molecule is O=C(Nc1nnc(-c2cc(Cl)ccc2Cl)o1)c1ccc2ccccc2c1. The average Bonchev–Trinajstić information content (AvgIpc) is 3.11. The third-order valence-corrected chi connectivity index (χ3v) is 4.38. The van der Waals surface area contributed by atoms with Crippen molar-refractivity contribution in [2.75, 3.05) is 5.32 Å². The monoisotopic (exact) mass is 383 g/mol. The Kier molecular flexibility index (Phi) is 4.32. The van der Waals surface area contributed by atoms with Crippen LogP contribution >= 0.6 is 23.2 Å². The lowest BCUT2D eigenvalue weighted by Gasteiger charge is -2.03. The lowest BCUT2D eigenvalue weighted by Crippen LogP contribution is -2.12. The highest BCUT2D eigenvalue weighted by atomic mass is 35.5. The van der Waals surface area contributed by atoms with Gasteiger partial charge in [-0.2, -0.15) is 0 Å². The number of carbonyl (C=O) groups is 1. The summed E-state index contributed by atoms with van der Waals surface area (Å²) in [6.45, 7) is 0. The van der Waals surface area contributed by atoms with Crippen LogP contribution in [0, 0.1) is 0 Å². The van der Waals surface area contributed by atoms with Gasteiger partial charge >= 0.3 is 6.01 Å². The Morgan fingerprint density at radius 1 is 0.923 bits per heavy atom. The maximum absolute atomic E-state index is 12.4. The van der Waals surface area contributed by atoms with Crippen molar-refractivity contribution < 1.29 is 9.21 Å². The number of fused-ring (bicyclic) bond motifs is 1. The number of halogens is 2. The van der Waals surface area contributed by atoms with E-state index in [1.54, 1.807) is 30.3 Å². The van der Waals surface area contributed by atoms with Gasteiger partial charge in [0.05, 0.1) is 10.6 Å². The standard InChI is InChI=1S/C19H11Cl2N3O2/c20-14-7-8-16(21)15(10-14)18-23-24-19(26-18)22-17(25)13-6-5-11-3-1-2-4-12(11)9-13/h1-10H,(H,22,24,25). The number of benzene rings is 3. The van der Waals surface area contributed by atoms with Crippen LogP contribution in [-0.4, -0.2) is 16.1 Å². The van der Waals surface area contributed by atoms with Crippen LogP contribution in [0.15, 0.2) is 65.1 Å². The summed E-state index contributed by atoms with van der Waals surface area (Å²) in [5.74, 6) is -0.172. The van der Waals surface area contributed by atoms with Crippen LogP contribution in [0.3, 0.4) is 0 Å². The van der Waals surface area contributed by atoms with Crippen molar-refractivity contribution in [2.45, 2.75) is 0 Å². The molecule has 0 radical (unpaired) electrons. The summed E-state index contributed by atoms with van der Waals surface area (Å²) >= 11 is 12.1. The van der Waals surface area contributed by atoms with Gasteiger partial charge in [0.1, 0.15) is 0 Å². The van der Waals surface area contributed by atoms with Gasteiger partial charge < -0.3 is 4.42 Å². The molecule has 1 heterocycles. The van der Waals surface area contributed by atoms with E-state index < -0.39 is 0 Å². The maximum Gasteiger partial charge on any atom is 0.322 e. The van der Waals surface area contributed by atoms with Gasteiger partial charge in [-0.05, 0) is 41.1 Å². The molecule has 0 saturated heterocycles. The maximum atomic E-state index is 12.4. The Bertz CT molecular complexity index is 1120. The number of anilines is 1. The average molecular weight is 384 g/mol. The molecule has 128 valence electrons. The largest absolute Gasteiger partial charge is 0.403 e. The van der Waals surface area contributed by atoms with E-state index in [9.17, 15) is 4.79 Å². The molecule has 0 aliphatic carbocycles. The normalized spacial score (nSPS) is 10.8. The molecule has 3 aromatic carbocycles. The molecule has 4 rings (SSSR count). The Hall–Kier alpha value is -2.89. The molecular formula is C19H11Cl2N3O2. The fourth-order valence-electron chi connectivity index (χ4n) is 2.54. The summed E-state index contributed by atoms with van der Waals surface area (Å²) in [6, 6.07) is 18.1. The van der Waals surface area contributed by atoms with E-state index in [1.807, 2.05) is 30.3 Å². The van der Waals surface area contributed by atoms with Crippen LogP contribution in [0.4, 0.5) is 6.01 Å². The van der Waals surface area contributed by atoms with Crippen LogP contribution < -0.4 is 5.32 Å². The van der Waals surface area contributed by atoms with E-state index in [0.717, 1.165) is 10.8 Å². The lowest BCUT2D eigenvalue weighted by atomic mass is 10.1. The number of aromatic nitrogens is 2. The van der Waals surface area contributed by atoms with E-state index in [0.29, 0.717) is 21.2 Å². The minimum Gasteiger partial charge on any atom is -0.403 e. The van der Waals surface area contributed by atoms with E-state index >= 15 is 0 Å². The molecule has 0 bridgehead atoms. The predicted molar refractivity (Wildman–Crippen MR) is 102 cm³/mol. The summed E-state index contributed by atoms with van der Waals surface area (Å²) in [5, 5.41) is 13.3. The van der Waals surface area contributed by atoms with Crippen molar-refractivity contribution in [1.29, 1.82) is 0 Å². The Balaban J connectivity index is 1.58. The molecule has 0 saturated carbocycles. The van der Waals surface area contributed by atoms with Gasteiger partial charge in [0, 0.05) is 10.6 Å². The molecule has 5 nitrogen and oxygen atoms in total. The molecule has 4 aromatic rings. The van der Waals surface area contributed by atoms with Gasteiger partial charge in [0.15, 0.2) is 0 Å². The fourth-order valence-corrected chi connectivity index (χ4v) is 2.91. The van der Waals surface area contributed by atoms with Crippen molar-refractivity contribution in [1.82, 2.24) is 10.2 Å². The first-order valence-electron chi connectivity index (χ1n) is 7.69. The molecule has 1 aromatic heterocycles. The summed E-state index contributed by atoms with van der Waals surface area (Å²) in [6.07, 6.45) is 0. The molecule has 0 spiro atoms. The number of hydrogen-bond donors (Lipinski definition) is 1. The molecule has 0 unspecified atom stereocenters. The van der Waals surface area contributed by atoms with E-state index in [-0.39, 0.29) is 17.8 Å². The number of hydrogen-bond acceptors (Lipinski definition) is 4. The molecule has 0 aliphatic heterocycles. The molecule has 0 aliphatic rings. The van der Waals surface area contributed by atoms with Crippen molar-refractivity contribution in [3.8, 4) is 11.5 Å². The zero-order chi connectivity index (χ0) is 18.1. The van der Waals surface area contributed by atoms with Crippen LogP contribution in [0.2, 0.25) is 10.0 Å². The summed E-state index contributed by atoms with van der Waals surface area (Å²) < 4.78 is 5.49. The zero-order valence-electron chi connectivity index (χ0n) is 13.2. The van der Waals surface area contributed by atoms with Crippen molar-refractivity contribution in [3.05, 3.63) is 76.3 Å². The third-order valence-electron chi connectivity index (χ3n) is 3.82. The first-order chi connectivity index (χ1) is 12.6. The molecule has 26 heavy (non-hydrogen) atoms. The smallest absolute Gasteiger partial charge is 0.322 e. The van der Waals surface area contributed by atoms with Crippen molar-refractivity contribution in [2.24, 2.45) is 0 Å². The summed E-state index contributed by atoms with van der Waals surface area (Å²) in [5.41, 5.74) is 0.988. The van der Waals surface area contributed by atoms with E-state index in [4.69, 9.17) is 27.6 Å². The zero-order valence-corrected chi connectivity index (χ0v) is 14.8. The molecule has 0 fully saturated rings. The quantitative estimate of drug-likeness (QED) is 0.510. The minimum absolute atomic E-state index is 0.0193. The van der Waals surface area contributed by atoms with Gasteiger partial charge in [-0.25, -0.2) is 0 Å². The second kappa shape index (κ2) is 6.78. The van der Waals surface area contributed by atoms with Gasteiger partial charge in [-0.1, -0.05) is 58.6 Å². The number of carbonyl (C=O) groups excluding carboxylic acids is 1. The fraction of sp³-hybridized carbons (Fsp3) is 0. The molecule has 1 N–H and O–H groups in total. The highest BCUT2D eigenvalue weighted by Crippen LogP contribution is 2.30. The lowest BCUT2D eigenvalue weighted by molar-refractivity contribution is 0.102. The van der Waals surface area contributed by atoms with Crippen LogP contribution in [0.1, 0.15) is 10.4 Å². The third kappa shape index (κ3) is 3.27. The molecular weight excluding hydrogens is 373 g/mol. The van der Waals surface area contributed by atoms with Gasteiger partial charge in [-0.15, -0.1) is 5.10 Å². The predicted octanol–water partition coefficient (Wildman–Crippen LogP) is 5.45. The number of nitrogens with one attached hydrogen (secondary N) is 1. The van der Waals surface area contributed by atoms with E-state index in [1.165, 1.54) is 0 Å². The first kappa shape index (κ1) is 16.6. The first-order valence-corrected chi connectivity index (χ1v) is 8.45. The van der Waals surface area contributed by atoms with Crippen molar-refractivity contribution in [3.63, 3.8) is 0 Å². The van der Waals surface area contributed by atoms with Gasteiger partial charge in [-0.3, -0.25) is 10.1 Å². The Morgan fingerprint density at radius 2 is 1.73 bits per heavy atom. The summed E-state index contributed by atoms with van der Waals surface area (Å²) in [7, 11) is 0. The highest BCUT2D eigenvalue weighted by molar-refractivity contribution is 6.35. The second-order valence-electron chi connectivity index (χ2n) is 5.55. The molecule has 0 atom stereocenters. The number of nitrogens with zero attached hydrogens (tertiary/aromatic N) is 2. The minimum atomic E-state index is -0.344. The van der Waals surface area contributed by atoms with Crippen LogP contribution in [0.25, 0.3) is 22.2 Å². The summed E-state index contributed by atoms with van der Waals surface area (Å²) in [4.78, 5) is 12.4. The molecule has 7 heteroatoms. The van der Waals surface area contributed by atoms with E-state index in [2.05, 4.69) is 15.5 Å². The Morgan fingerprint density at radius 3 is 2.58 bits per heavy atom. The van der Waals surface area contributed by atoms with Crippen molar-refractivity contribution >= 4 is 45.9 Å².